The molecule has 1 heterocycles. The molecule has 0 bridgehead atoms. The Morgan fingerprint density at radius 1 is 1.16 bits per heavy atom. The van der Waals surface area contributed by atoms with Crippen molar-refractivity contribution in [2.45, 2.75) is 25.8 Å². The molecule has 2 rings (SSSR count). The molecule has 1 N–H and O–H groups in total. The molecule has 7 nitrogen and oxygen atoms in total. The molecule has 0 radical (unpaired) electrons. The summed E-state index contributed by atoms with van der Waals surface area (Å²) < 4.78 is 11.1. The Kier molecular flexibility index (Phi) is 6.91. The van der Waals surface area contributed by atoms with Gasteiger partial charge in [0.25, 0.3) is 5.91 Å². The topological polar surface area (TPSA) is 71.1 Å². The molecule has 1 aliphatic rings. The third-order valence-corrected chi connectivity index (χ3v) is 4.02. The van der Waals surface area contributed by atoms with Crippen molar-refractivity contribution >= 4 is 11.9 Å². The summed E-state index contributed by atoms with van der Waals surface area (Å²) >= 11 is 0. The molecule has 0 aromatic heterocycles. The third kappa shape index (κ3) is 5.55. The van der Waals surface area contributed by atoms with Gasteiger partial charge in [0.15, 0.2) is 18.1 Å². The van der Waals surface area contributed by atoms with E-state index < -0.39 is 0 Å². The summed E-state index contributed by atoms with van der Waals surface area (Å²) in [6.07, 6.45) is 1.50. The van der Waals surface area contributed by atoms with E-state index in [2.05, 4.69) is 5.32 Å². The van der Waals surface area contributed by atoms with Gasteiger partial charge < -0.3 is 24.6 Å². The Bertz CT molecular complexity index is 583. The van der Waals surface area contributed by atoms with Crippen molar-refractivity contribution in [3.63, 3.8) is 0 Å². The van der Waals surface area contributed by atoms with Gasteiger partial charge in [-0.05, 0) is 31.9 Å². The zero-order chi connectivity index (χ0) is 18.2. The number of urea groups is 1. The minimum Gasteiger partial charge on any atom is -0.490 e. The number of nitrogens with zero attached hydrogens (tertiary/aromatic N) is 2. The Balaban J connectivity index is 1.76. The van der Waals surface area contributed by atoms with Gasteiger partial charge in [-0.15, -0.1) is 0 Å². The van der Waals surface area contributed by atoms with E-state index in [1.165, 1.54) is 0 Å². The number of amides is 3. The van der Waals surface area contributed by atoms with Crippen LogP contribution in [0.5, 0.6) is 11.5 Å². The number of para-hydroxylation sites is 2. The van der Waals surface area contributed by atoms with Crippen molar-refractivity contribution in [1.29, 1.82) is 0 Å². The molecular formula is C18H27N3O4. The molecule has 3 amide bonds. The number of benzene rings is 1. The van der Waals surface area contributed by atoms with Crippen LogP contribution in [0.3, 0.4) is 0 Å². The summed E-state index contributed by atoms with van der Waals surface area (Å²) in [5.41, 5.74) is 0. The number of likely N-dealkylation sites (tertiary alicyclic amines) is 1. The maximum atomic E-state index is 12.1. The number of nitrogens with one attached hydrogen (secondary N) is 1. The van der Waals surface area contributed by atoms with Gasteiger partial charge in [0, 0.05) is 33.2 Å². The zero-order valence-electron chi connectivity index (χ0n) is 15.2. The largest absolute Gasteiger partial charge is 0.490 e. The normalized spacial score (nSPS) is 14.8. The Morgan fingerprint density at radius 2 is 1.76 bits per heavy atom. The first-order chi connectivity index (χ1) is 12.0. The minimum absolute atomic E-state index is 0.0145. The van der Waals surface area contributed by atoms with Crippen molar-refractivity contribution in [3.8, 4) is 11.5 Å². The molecule has 1 fully saturated rings. The summed E-state index contributed by atoms with van der Waals surface area (Å²) in [7, 11) is 3.49. The van der Waals surface area contributed by atoms with E-state index in [1.807, 2.05) is 25.1 Å². The molecule has 1 aromatic carbocycles. The molecule has 7 heteroatoms. The van der Waals surface area contributed by atoms with Gasteiger partial charge in [0.05, 0.1) is 6.61 Å². The number of hydrogen-bond acceptors (Lipinski definition) is 4. The molecular weight excluding hydrogens is 322 g/mol. The first-order valence-corrected chi connectivity index (χ1v) is 8.61. The second kappa shape index (κ2) is 9.15. The maximum Gasteiger partial charge on any atom is 0.319 e. The highest BCUT2D eigenvalue weighted by Gasteiger charge is 2.24. The summed E-state index contributed by atoms with van der Waals surface area (Å²) in [5, 5.41) is 2.97. The first kappa shape index (κ1) is 18.9. The fourth-order valence-corrected chi connectivity index (χ4v) is 2.75. The van der Waals surface area contributed by atoms with Crippen LogP contribution in [0.1, 0.15) is 19.8 Å². The molecule has 1 aromatic rings. The van der Waals surface area contributed by atoms with Crippen LogP contribution >= 0.6 is 0 Å². The van der Waals surface area contributed by atoms with E-state index in [0.717, 1.165) is 12.8 Å². The van der Waals surface area contributed by atoms with Crippen molar-refractivity contribution in [1.82, 2.24) is 15.1 Å². The molecule has 1 saturated heterocycles. The van der Waals surface area contributed by atoms with Crippen molar-refractivity contribution in [2.24, 2.45) is 0 Å². The Labute approximate surface area is 148 Å². The van der Waals surface area contributed by atoms with Crippen LogP contribution in [0, 0.1) is 0 Å². The molecule has 0 saturated carbocycles. The van der Waals surface area contributed by atoms with Crippen LogP contribution in [-0.4, -0.2) is 68.2 Å². The number of hydrogen-bond donors (Lipinski definition) is 1. The predicted molar refractivity (Wildman–Crippen MR) is 94.9 cm³/mol. The molecule has 0 unspecified atom stereocenters. The highest BCUT2D eigenvalue weighted by molar-refractivity contribution is 5.78. The minimum atomic E-state index is -0.163. The summed E-state index contributed by atoms with van der Waals surface area (Å²) in [6.45, 7) is 3.68. The summed E-state index contributed by atoms with van der Waals surface area (Å²) in [6, 6.07) is 7.39. The van der Waals surface area contributed by atoms with Crippen molar-refractivity contribution < 1.29 is 19.1 Å². The SMILES string of the molecule is CCOc1ccccc1OCC(=O)NC1CCN(C(=O)N(C)C)CC1. The zero-order valence-corrected chi connectivity index (χ0v) is 15.2. The van der Waals surface area contributed by atoms with Gasteiger partial charge in [0.1, 0.15) is 0 Å². The average molecular weight is 349 g/mol. The predicted octanol–water partition coefficient (Wildman–Crippen LogP) is 1.73. The average Bonchev–Trinajstić information content (AvgIpc) is 2.61. The second-order valence-corrected chi connectivity index (χ2v) is 6.17. The molecule has 0 aliphatic carbocycles. The smallest absolute Gasteiger partial charge is 0.319 e. The highest BCUT2D eigenvalue weighted by atomic mass is 16.5. The lowest BCUT2D eigenvalue weighted by Crippen LogP contribution is -2.49. The number of rotatable bonds is 6. The maximum absolute atomic E-state index is 12.1. The number of piperidine rings is 1. The van der Waals surface area contributed by atoms with Crippen LogP contribution in [0.15, 0.2) is 24.3 Å². The van der Waals surface area contributed by atoms with Gasteiger partial charge in [0.2, 0.25) is 0 Å². The fraction of sp³-hybridized carbons (Fsp3) is 0.556. The van der Waals surface area contributed by atoms with Gasteiger partial charge in [-0.2, -0.15) is 0 Å². The van der Waals surface area contributed by atoms with E-state index in [4.69, 9.17) is 9.47 Å². The Hall–Kier alpha value is -2.44. The van der Waals surface area contributed by atoms with Crippen LogP contribution in [0.2, 0.25) is 0 Å². The van der Waals surface area contributed by atoms with Crippen LogP contribution in [0.4, 0.5) is 4.79 Å². The van der Waals surface area contributed by atoms with Crippen molar-refractivity contribution in [2.75, 3.05) is 40.4 Å². The van der Waals surface area contributed by atoms with E-state index in [1.54, 1.807) is 30.0 Å². The molecule has 0 spiro atoms. The molecule has 138 valence electrons. The monoisotopic (exact) mass is 349 g/mol. The number of ether oxygens (including phenoxy) is 2. The van der Waals surface area contributed by atoms with Gasteiger partial charge >= 0.3 is 6.03 Å². The van der Waals surface area contributed by atoms with Gasteiger partial charge in [-0.1, -0.05) is 12.1 Å². The van der Waals surface area contributed by atoms with Gasteiger partial charge in [-0.3, -0.25) is 4.79 Å². The van der Waals surface area contributed by atoms with E-state index in [9.17, 15) is 9.59 Å². The molecule has 0 atom stereocenters. The molecule has 25 heavy (non-hydrogen) atoms. The fourth-order valence-electron chi connectivity index (χ4n) is 2.75. The van der Waals surface area contributed by atoms with Crippen molar-refractivity contribution in [3.05, 3.63) is 24.3 Å². The highest BCUT2D eigenvalue weighted by Crippen LogP contribution is 2.26. The number of carbonyl (C=O) groups is 2. The van der Waals surface area contributed by atoms with E-state index in [-0.39, 0.29) is 24.6 Å². The standard InChI is InChI=1S/C18H27N3O4/c1-4-24-15-7-5-6-8-16(15)25-13-17(22)19-14-9-11-21(12-10-14)18(23)20(2)3/h5-8,14H,4,9-13H2,1-3H3,(H,19,22). The van der Waals surface area contributed by atoms with Crippen LogP contribution < -0.4 is 14.8 Å². The third-order valence-electron chi connectivity index (χ3n) is 4.02. The van der Waals surface area contributed by atoms with Gasteiger partial charge in [-0.25, -0.2) is 4.79 Å². The lowest BCUT2D eigenvalue weighted by Gasteiger charge is -2.33. The Morgan fingerprint density at radius 3 is 2.32 bits per heavy atom. The second-order valence-electron chi connectivity index (χ2n) is 6.17. The lowest BCUT2D eigenvalue weighted by atomic mass is 10.1. The summed E-state index contributed by atoms with van der Waals surface area (Å²) in [5.74, 6) is 1.03. The number of carbonyl (C=O) groups excluding carboxylic acids is 2. The summed E-state index contributed by atoms with van der Waals surface area (Å²) in [4.78, 5) is 27.4. The van der Waals surface area contributed by atoms with E-state index in [0.29, 0.717) is 31.2 Å². The first-order valence-electron chi connectivity index (χ1n) is 8.61. The lowest BCUT2D eigenvalue weighted by molar-refractivity contribution is -0.124. The quantitative estimate of drug-likeness (QED) is 0.849. The van der Waals surface area contributed by atoms with E-state index >= 15 is 0 Å². The molecule has 1 aliphatic heterocycles. The van der Waals surface area contributed by atoms with Crippen LogP contribution in [-0.2, 0) is 4.79 Å². The van der Waals surface area contributed by atoms with Crippen LogP contribution in [0.25, 0.3) is 0 Å².